The molecule has 4 aromatic rings. The molecule has 0 saturated carbocycles. The van der Waals surface area contributed by atoms with Crippen molar-refractivity contribution in [2.75, 3.05) is 5.43 Å². The predicted octanol–water partition coefficient (Wildman–Crippen LogP) is 5.33. The highest BCUT2D eigenvalue weighted by Crippen LogP contribution is 2.29. The lowest BCUT2D eigenvalue weighted by Crippen LogP contribution is -2.00. The number of anilines is 1. The van der Waals surface area contributed by atoms with Crippen LogP contribution in [0.2, 0.25) is 0 Å². The summed E-state index contributed by atoms with van der Waals surface area (Å²) in [5.41, 5.74) is 4.85. The molecule has 0 aliphatic rings. The number of hydrogen-bond donors (Lipinski definition) is 1. The van der Waals surface area contributed by atoms with Crippen LogP contribution in [-0.4, -0.2) is 15.9 Å². The van der Waals surface area contributed by atoms with Crippen LogP contribution in [0.5, 0.6) is 0 Å². The van der Waals surface area contributed by atoms with Crippen molar-refractivity contribution in [2.24, 2.45) is 5.10 Å². The summed E-state index contributed by atoms with van der Waals surface area (Å²) in [5, 5.41) is 14.6. The highest BCUT2D eigenvalue weighted by atomic mass is 32.1. The fourth-order valence-corrected chi connectivity index (χ4v) is 3.56. The summed E-state index contributed by atoms with van der Waals surface area (Å²) in [6.45, 7) is 1.94. The third kappa shape index (κ3) is 3.32. The first-order valence-electron chi connectivity index (χ1n) is 8.07. The van der Waals surface area contributed by atoms with Crippen LogP contribution in [0.15, 0.2) is 72.0 Å². The van der Waals surface area contributed by atoms with Gasteiger partial charge in [-0.3, -0.25) is 5.43 Å². The Bertz CT molecular complexity index is 1080. The highest BCUT2D eigenvalue weighted by molar-refractivity contribution is 7.17. The SMILES string of the molecule is C/C(=N\Nc1nncc2ccccc12)c1ccc(-c2ccc(F)cc2)s1. The maximum atomic E-state index is 13.1. The van der Waals surface area contributed by atoms with Gasteiger partial charge in [0.2, 0.25) is 0 Å². The smallest absolute Gasteiger partial charge is 0.176 e. The van der Waals surface area contributed by atoms with Crippen LogP contribution in [0.1, 0.15) is 11.8 Å². The molecule has 2 heterocycles. The molecule has 0 atom stereocenters. The highest BCUT2D eigenvalue weighted by Gasteiger charge is 2.07. The van der Waals surface area contributed by atoms with Gasteiger partial charge in [-0.1, -0.05) is 36.4 Å². The molecule has 0 aliphatic carbocycles. The van der Waals surface area contributed by atoms with Gasteiger partial charge in [-0.15, -0.1) is 16.4 Å². The fraction of sp³-hybridized carbons (Fsp3) is 0.0500. The van der Waals surface area contributed by atoms with Crippen molar-refractivity contribution < 1.29 is 4.39 Å². The van der Waals surface area contributed by atoms with E-state index in [1.165, 1.54) is 12.1 Å². The Balaban J connectivity index is 1.57. The van der Waals surface area contributed by atoms with Crippen LogP contribution < -0.4 is 5.43 Å². The molecule has 0 saturated heterocycles. The molecule has 4 rings (SSSR count). The van der Waals surface area contributed by atoms with E-state index in [0.717, 1.165) is 31.8 Å². The summed E-state index contributed by atoms with van der Waals surface area (Å²) in [7, 11) is 0. The van der Waals surface area contributed by atoms with Gasteiger partial charge in [0.1, 0.15) is 5.82 Å². The van der Waals surface area contributed by atoms with Crippen molar-refractivity contribution >= 4 is 33.6 Å². The zero-order valence-corrected chi connectivity index (χ0v) is 14.8. The van der Waals surface area contributed by atoms with Crippen LogP contribution in [0.25, 0.3) is 21.2 Å². The maximum Gasteiger partial charge on any atom is 0.176 e. The van der Waals surface area contributed by atoms with E-state index in [9.17, 15) is 4.39 Å². The number of hydrazone groups is 1. The maximum absolute atomic E-state index is 13.1. The predicted molar refractivity (Wildman–Crippen MR) is 105 cm³/mol. The van der Waals surface area contributed by atoms with E-state index in [2.05, 4.69) is 20.7 Å². The van der Waals surface area contributed by atoms with Gasteiger partial charge in [-0.05, 0) is 36.8 Å². The molecule has 0 aliphatic heterocycles. The van der Waals surface area contributed by atoms with Crippen LogP contribution in [0.4, 0.5) is 10.2 Å². The van der Waals surface area contributed by atoms with Gasteiger partial charge in [0.15, 0.2) is 5.82 Å². The molecular formula is C20H15FN4S. The number of halogens is 1. The summed E-state index contributed by atoms with van der Waals surface area (Å²) in [5.74, 6) is 0.390. The largest absolute Gasteiger partial charge is 0.259 e. The summed E-state index contributed by atoms with van der Waals surface area (Å²) >= 11 is 1.61. The Morgan fingerprint density at radius 1 is 1.04 bits per heavy atom. The Morgan fingerprint density at radius 3 is 2.69 bits per heavy atom. The number of benzene rings is 2. The van der Waals surface area contributed by atoms with Gasteiger partial charge in [0.05, 0.1) is 16.8 Å². The van der Waals surface area contributed by atoms with Gasteiger partial charge >= 0.3 is 0 Å². The standard InChI is InChI=1S/C20H15FN4S/c1-13(18-10-11-19(26-18)14-6-8-16(21)9-7-14)23-25-20-17-5-3-2-4-15(17)12-22-24-20/h2-12H,1H3,(H,24,25)/b23-13+. The Labute approximate surface area is 154 Å². The summed E-state index contributed by atoms with van der Waals surface area (Å²) in [4.78, 5) is 2.10. The zero-order chi connectivity index (χ0) is 17.9. The number of rotatable bonds is 4. The van der Waals surface area contributed by atoms with E-state index >= 15 is 0 Å². The molecule has 0 bridgehead atoms. The van der Waals surface area contributed by atoms with Gasteiger partial charge in [0, 0.05) is 15.6 Å². The first kappa shape index (κ1) is 16.4. The van der Waals surface area contributed by atoms with Gasteiger partial charge in [0.25, 0.3) is 0 Å². The van der Waals surface area contributed by atoms with E-state index in [1.54, 1.807) is 29.7 Å². The van der Waals surface area contributed by atoms with Gasteiger partial charge < -0.3 is 0 Å². The molecule has 0 amide bonds. The van der Waals surface area contributed by atoms with Crippen molar-refractivity contribution in [3.63, 3.8) is 0 Å². The molecule has 0 unspecified atom stereocenters. The summed E-state index contributed by atoms with van der Waals surface area (Å²) < 4.78 is 13.1. The number of aromatic nitrogens is 2. The average Bonchev–Trinajstić information content (AvgIpc) is 3.17. The van der Waals surface area contributed by atoms with Crippen LogP contribution in [-0.2, 0) is 0 Å². The van der Waals surface area contributed by atoms with Crippen molar-refractivity contribution in [1.29, 1.82) is 0 Å². The third-order valence-corrected chi connectivity index (χ3v) is 5.23. The first-order chi connectivity index (χ1) is 12.7. The monoisotopic (exact) mass is 362 g/mol. The van der Waals surface area contributed by atoms with Crippen molar-refractivity contribution in [1.82, 2.24) is 10.2 Å². The number of nitrogens with zero attached hydrogens (tertiary/aromatic N) is 3. The van der Waals surface area contributed by atoms with Crippen LogP contribution in [0, 0.1) is 5.82 Å². The number of nitrogens with one attached hydrogen (secondary N) is 1. The molecular weight excluding hydrogens is 347 g/mol. The Kier molecular flexibility index (Phi) is 4.41. The summed E-state index contributed by atoms with van der Waals surface area (Å²) in [6, 6.07) is 18.4. The van der Waals surface area contributed by atoms with Crippen molar-refractivity contribution in [3.05, 3.63) is 77.6 Å². The Hall–Kier alpha value is -3.12. The van der Waals surface area contributed by atoms with E-state index in [4.69, 9.17) is 0 Å². The molecule has 0 spiro atoms. The zero-order valence-electron chi connectivity index (χ0n) is 14.0. The second-order valence-electron chi connectivity index (χ2n) is 5.76. The molecule has 4 nitrogen and oxygen atoms in total. The average molecular weight is 362 g/mol. The molecule has 2 aromatic heterocycles. The molecule has 0 radical (unpaired) electrons. The molecule has 6 heteroatoms. The minimum Gasteiger partial charge on any atom is -0.259 e. The quantitative estimate of drug-likeness (QED) is 0.394. The van der Waals surface area contributed by atoms with Gasteiger partial charge in [-0.25, -0.2) is 4.39 Å². The molecule has 1 N–H and O–H groups in total. The van der Waals surface area contributed by atoms with Crippen LogP contribution in [0.3, 0.4) is 0 Å². The molecule has 2 aromatic carbocycles. The van der Waals surface area contributed by atoms with E-state index < -0.39 is 0 Å². The normalized spacial score (nSPS) is 11.7. The van der Waals surface area contributed by atoms with Gasteiger partial charge in [-0.2, -0.15) is 10.2 Å². The first-order valence-corrected chi connectivity index (χ1v) is 8.89. The lowest BCUT2D eigenvalue weighted by atomic mass is 10.2. The fourth-order valence-electron chi connectivity index (χ4n) is 2.60. The minimum absolute atomic E-state index is 0.233. The molecule has 128 valence electrons. The van der Waals surface area contributed by atoms with E-state index in [-0.39, 0.29) is 5.82 Å². The third-order valence-electron chi connectivity index (χ3n) is 3.99. The number of hydrogen-bond acceptors (Lipinski definition) is 5. The van der Waals surface area contributed by atoms with E-state index in [0.29, 0.717) is 5.82 Å². The second kappa shape index (κ2) is 7.01. The number of thiophene rings is 1. The Morgan fingerprint density at radius 2 is 1.85 bits per heavy atom. The minimum atomic E-state index is -0.233. The van der Waals surface area contributed by atoms with Crippen LogP contribution >= 0.6 is 11.3 Å². The lowest BCUT2D eigenvalue weighted by Gasteiger charge is -2.04. The summed E-state index contributed by atoms with van der Waals surface area (Å²) in [6.07, 6.45) is 1.73. The van der Waals surface area contributed by atoms with Crippen molar-refractivity contribution in [3.8, 4) is 10.4 Å². The molecule has 0 fully saturated rings. The lowest BCUT2D eigenvalue weighted by molar-refractivity contribution is 0.628. The topological polar surface area (TPSA) is 50.2 Å². The number of fused-ring (bicyclic) bond motifs is 1. The second-order valence-corrected chi connectivity index (χ2v) is 6.84. The van der Waals surface area contributed by atoms with E-state index in [1.807, 2.05) is 43.3 Å². The van der Waals surface area contributed by atoms with Crippen molar-refractivity contribution in [2.45, 2.75) is 6.92 Å². The molecule has 26 heavy (non-hydrogen) atoms.